The fourth-order valence-electron chi connectivity index (χ4n) is 0.479. The maximum absolute atomic E-state index is 3.10. The van der Waals surface area contributed by atoms with Gasteiger partial charge >= 0.3 is 0 Å². The molecule has 0 saturated carbocycles. The van der Waals surface area contributed by atoms with Crippen molar-refractivity contribution in [2.45, 2.75) is 41.0 Å². The van der Waals surface area contributed by atoms with E-state index < -0.39 is 0 Å². The van der Waals surface area contributed by atoms with E-state index in [1.165, 1.54) is 11.3 Å². The van der Waals surface area contributed by atoms with Gasteiger partial charge in [-0.05, 0) is 20.3 Å². The van der Waals surface area contributed by atoms with Crippen LogP contribution >= 0.6 is 0 Å². The molecule has 0 aliphatic carbocycles. The Kier molecular flexibility index (Phi) is 10.5. The average Bonchev–Trinajstić information content (AvgIpc) is 2.05. The van der Waals surface area contributed by atoms with Gasteiger partial charge in [0, 0.05) is 12.7 Å². The predicted octanol–water partition coefficient (Wildman–Crippen LogP) is 2.94. The second kappa shape index (κ2) is 8.54. The first-order valence-electron chi connectivity index (χ1n) is 4.06. The Morgan fingerprint density at radius 1 is 1.20 bits per heavy atom. The minimum absolute atomic E-state index is 1.15. The molecule has 0 aromatic rings. The van der Waals surface area contributed by atoms with Crippen LogP contribution < -0.4 is 5.32 Å². The summed E-state index contributed by atoms with van der Waals surface area (Å²) in [5.74, 6) is 0. The van der Waals surface area contributed by atoms with Gasteiger partial charge in [-0.1, -0.05) is 26.3 Å². The van der Waals surface area contributed by atoms with Gasteiger partial charge in [0.2, 0.25) is 0 Å². The first-order valence-corrected chi connectivity index (χ1v) is 4.06. The van der Waals surface area contributed by atoms with Crippen LogP contribution in [0.2, 0.25) is 0 Å². The highest BCUT2D eigenvalue weighted by atomic mass is 14.8. The average molecular weight is 143 g/mol. The molecule has 0 unspecified atom stereocenters. The maximum atomic E-state index is 3.10. The van der Waals surface area contributed by atoms with E-state index >= 15 is 0 Å². The Hall–Kier alpha value is -0.460. The lowest BCUT2D eigenvalue weighted by Crippen LogP contribution is -2.03. The van der Waals surface area contributed by atoms with Crippen molar-refractivity contribution in [3.8, 4) is 0 Å². The molecule has 0 amide bonds. The Morgan fingerprint density at radius 3 is 1.70 bits per heavy atom. The summed E-state index contributed by atoms with van der Waals surface area (Å²) in [6.07, 6.45) is 1.15. The van der Waals surface area contributed by atoms with Crippen LogP contribution in [0.1, 0.15) is 41.0 Å². The van der Waals surface area contributed by atoms with Crippen LogP contribution in [0.4, 0.5) is 0 Å². The lowest BCUT2D eigenvalue weighted by atomic mass is 10.2. The van der Waals surface area contributed by atoms with Crippen molar-refractivity contribution >= 4 is 0 Å². The Labute approximate surface area is 65.5 Å². The number of nitrogens with one attached hydrogen (secondary N) is 1. The van der Waals surface area contributed by atoms with Crippen molar-refractivity contribution in [1.82, 2.24) is 5.32 Å². The molecule has 1 N–H and O–H groups in total. The van der Waals surface area contributed by atoms with Crippen LogP contribution in [-0.4, -0.2) is 7.05 Å². The summed E-state index contributed by atoms with van der Waals surface area (Å²) < 4.78 is 0. The highest BCUT2D eigenvalue weighted by Gasteiger charge is 1.87. The Bertz CT molecular complexity index is 80.9. The third-order valence-electron chi connectivity index (χ3n) is 1.55. The fourth-order valence-corrected chi connectivity index (χ4v) is 0.479. The van der Waals surface area contributed by atoms with Crippen LogP contribution in [-0.2, 0) is 0 Å². The molecule has 0 rings (SSSR count). The van der Waals surface area contributed by atoms with Gasteiger partial charge in [0.05, 0.1) is 0 Å². The van der Waals surface area contributed by atoms with Crippen LogP contribution in [0.25, 0.3) is 0 Å². The molecule has 0 radical (unpaired) electrons. The zero-order chi connectivity index (χ0) is 8.57. The van der Waals surface area contributed by atoms with Crippen molar-refractivity contribution < 1.29 is 0 Å². The summed E-state index contributed by atoms with van der Waals surface area (Å²) in [6, 6.07) is 0. The highest BCUT2D eigenvalue weighted by molar-refractivity contribution is 5.05. The lowest BCUT2D eigenvalue weighted by molar-refractivity contribution is 0.921. The van der Waals surface area contributed by atoms with Crippen molar-refractivity contribution in [3.05, 3.63) is 11.3 Å². The van der Waals surface area contributed by atoms with Crippen molar-refractivity contribution in [2.75, 3.05) is 7.05 Å². The summed E-state index contributed by atoms with van der Waals surface area (Å²) in [6.45, 7) is 10.4. The zero-order valence-electron chi connectivity index (χ0n) is 8.21. The summed E-state index contributed by atoms with van der Waals surface area (Å²) >= 11 is 0. The van der Waals surface area contributed by atoms with E-state index in [2.05, 4.69) is 26.1 Å². The summed E-state index contributed by atoms with van der Waals surface area (Å²) in [5, 5.41) is 3.10. The van der Waals surface area contributed by atoms with E-state index in [1.54, 1.807) is 0 Å². The van der Waals surface area contributed by atoms with Crippen LogP contribution in [0.15, 0.2) is 11.3 Å². The molecular formula is C9H21N. The lowest BCUT2D eigenvalue weighted by Gasteiger charge is -2.02. The van der Waals surface area contributed by atoms with E-state index in [-0.39, 0.29) is 0 Å². The van der Waals surface area contributed by atoms with Gasteiger partial charge in [-0.25, -0.2) is 0 Å². The van der Waals surface area contributed by atoms with Crippen LogP contribution in [0, 0.1) is 0 Å². The van der Waals surface area contributed by atoms with E-state index in [9.17, 15) is 0 Å². The number of rotatable bonds is 2. The third-order valence-corrected chi connectivity index (χ3v) is 1.55. The number of allylic oxidation sites excluding steroid dienone is 2. The van der Waals surface area contributed by atoms with Crippen molar-refractivity contribution in [3.63, 3.8) is 0 Å². The SMILES string of the molecule is CC.CC/C(C)=C(/C)NC. The first kappa shape index (κ1) is 12.2. The minimum Gasteiger partial charge on any atom is -0.392 e. The van der Waals surface area contributed by atoms with Gasteiger partial charge in [0.15, 0.2) is 0 Å². The zero-order valence-corrected chi connectivity index (χ0v) is 8.21. The monoisotopic (exact) mass is 143 g/mol. The van der Waals surface area contributed by atoms with Crippen LogP contribution in [0.5, 0.6) is 0 Å². The molecule has 1 nitrogen and oxygen atoms in total. The van der Waals surface area contributed by atoms with Crippen LogP contribution in [0.3, 0.4) is 0 Å². The molecule has 10 heavy (non-hydrogen) atoms. The molecule has 0 aliphatic rings. The quantitative estimate of drug-likeness (QED) is 0.626. The largest absolute Gasteiger partial charge is 0.392 e. The normalized spacial score (nSPS) is 11.0. The molecule has 0 atom stereocenters. The van der Waals surface area contributed by atoms with Gasteiger partial charge in [-0.15, -0.1) is 0 Å². The third kappa shape index (κ3) is 5.67. The molecule has 62 valence electrons. The van der Waals surface area contributed by atoms with Gasteiger partial charge < -0.3 is 5.32 Å². The smallest absolute Gasteiger partial charge is 0.00614 e. The number of hydrogen-bond acceptors (Lipinski definition) is 1. The highest BCUT2D eigenvalue weighted by Crippen LogP contribution is 2.01. The molecule has 1 heteroatoms. The van der Waals surface area contributed by atoms with Gasteiger partial charge in [-0.3, -0.25) is 0 Å². The van der Waals surface area contributed by atoms with E-state index in [0.717, 1.165) is 6.42 Å². The summed E-state index contributed by atoms with van der Waals surface area (Å²) in [5.41, 5.74) is 2.74. The van der Waals surface area contributed by atoms with Crippen molar-refractivity contribution in [1.29, 1.82) is 0 Å². The molecular weight excluding hydrogens is 122 g/mol. The Balaban J connectivity index is 0. The Morgan fingerprint density at radius 2 is 1.60 bits per heavy atom. The maximum Gasteiger partial charge on any atom is 0.00614 e. The van der Waals surface area contributed by atoms with Gasteiger partial charge in [0.1, 0.15) is 0 Å². The molecule has 0 heterocycles. The number of hydrogen-bond donors (Lipinski definition) is 1. The standard InChI is InChI=1S/C7H15N.C2H6/c1-5-6(2)7(3)8-4;1-2/h8H,5H2,1-4H3;1-2H3/b7-6-;. The van der Waals surface area contributed by atoms with Gasteiger partial charge in [0.25, 0.3) is 0 Å². The second-order valence-electron chi connectivity index (χ2n) is 2.01. The molecule has 0 aliphatic heterocycles. The molecule has 0 spiro atoms. The second-order valence-corrected chi connectivity index (χ2v) is 2.01. The van der Waals surface area contributed by atoms with E-state index in [1.807, 2.05) is 20.9 Å². The van der Waals surface area contributed by atoms with Crippen molar-refractivity contribution in [2.24, 2.45) is 0 Å². The molecule has 0 fully saturated rings. The van der Waals surface area contributed by atoms with E-state index in [0.29, 0.717) is 0 Å². The fraction of sp³-hybridized carbons (Fsp3) is 0.778. The summed E-state index contributed by atoms with van der Waals surface area (Å²) in [4.78, 5) is 0. The molecule has 0 aromatic carbocycles. The minimum atomic E-state index is 1.15. The predicted molar refractivity (Wildman–Crippen MR) is 49.1 cm³/mol. The molecule has 0 bridgehead atoms. The van der Waals surface area contributed by atoms with Gasteiger partial charge in [-0.2, -0.15) is 0 Å². The topological polar surface area (TPSA) is 12.0 Å². The molecule has 0 aromatic heterocycles. The molecule has 0 saturated heterocycles. The summed E-state index contributed by atoms with van der Waals surface area (Å²) in [7, 11) is 1.95. The van der Waals surface area contributed by atoms with E-state index in [4.69, 9.17) is 0 Å². The first-order chi connectivity index (χ1) is 4.72.